The largest absolute Gasteiger partial charge is 0.354 e. The Hall–Kier alpha value is -1.67. The first-order chi connectivity index (χ1) is 9.20. The lowest BCUT2D eigenvalue weighted by Gasteiger charge is -2.34. The Bertz CT molecular complexity index is 451. The Morgan fingerprint density at radius 2 is 2.26 bits per heavy atom. The van der Waals surface area contributed by atoms with Crippen LogP contribution in [0.3, 0.4) is 0 Å². The maximum absolute atomic E-state index is 9.10. The Labute approximate surface area is 114 Å². The van der Waals surface area contributed by atoms with Crippen LogP contribution in [0, 0.1) is 17.2 Å². The summed E-state index contributed by atoms with van der Waals surface area (Å²) < 4.78 is 0. The van der Waals surface area contributed by atoms with Gasteiger partial charge in [0, 0.05) is 31.5 Å². The summed E-state index contributed by atoms with van der Waals surface area (Å²) in [7, 11) is 0. The number of piperidine rings is 1. The van der Waals surface area contributed by atoms with Crippen molar-refractivity contribution in [2.24, 2.45) is 5.92 Å². The molecule has 1 aliphatic rings. The predicted octanol–water partition coefficient (Wildman–Crippen LogP) is 1.56. The van der Waals surface area contributed by atoms with E-state index >= 15 is 0 Å². The number of nitrogens with one attached hydrogen (secondary N) is 1. The zero-order valence-electron chi connectivity index (χ0n) is 11.6. The number of nitrogens with zero attached hydrogens (tertiary/aromatic N) is 4. The second kappa shape index (κ2) is 6.48. The quantitative estimate of drug-likeness (QED) is 0.889. The van der Waals surface area contributed by atoms with E-state index in [-0.39, 0.29) is 0 Å². The van der Waals surface area contributed by atoms with Crippen LogP contribution in [0.25, 0.3) is 0 Å². The lowest BCUT2D eigenvalue weighted by molar-refractivity contribution is 0.378. The molecule has 0 radical (unpaired) electrons. The molecule has 1 aliphatic heterocycles. The van der Waals surface area contributed by atoms with E-state index in [0.717, 1.165) is 31.9 Å². The van der Waals surface area contributed by atoms with E-state index in [1.165, 1.54) is 6.42 Å². The van der Waals surface area contributed by atoms with Gasteiger partial charge in [-0.05, 0) is 25.3 Å². The van der Waals surface area contributed by atoms with E-state index in [2.05, 4.69) is 40.1 Å². The van der Waals surface area contributed by atoms with Crippen molar-refractivity contribution < 1.29 is 0 Å². The van der Waals surface area contributed by atoms with E-state index < -0.39 is 0 Å². The Balaban J connectivity index is 2.03. The van der Waals surface area contributed by atoms with E-state index in [1.54, 1.807) is 12.4 Å². The SMILES string of the molecule is CC(C)NCC1CCCN(c2nccnc2C#N)C1. The first kappa shape index (κ1) is 13.8. The minimum Gasteiger partial charge on any atom is -0.354 e. The summed E-state index contributed by atoms with van der Waals surface area (Å²) >= 11 is 0. The molecule has 0 aliphatic carbocycles. The van der Waals surface area contributed by atoms with Gasteiger partial charge in [-0.25, -0.2) is 9.97 Å². The van der Waals surface area contributed by atoms with E-state index in [9.17, 15) is 0 Å². The summed E-state index contributed by atoms with van der Waals surface area (Å²) in [5.74, 6) is 1.35. The number of hydrogen-bond donors (Lipinski definition) is 1. The molecule has 2 heterocycles. The number of rotatable bonds is 4. The maximum Gasteiger partial charge on any atom is 0.183 e. The molecular weight excluding hydrogens is 238 g/mol. The van der Waals surface area contributed by atoms with Crippen molar-refractivity contribution in [3.05, 3.63) is 18.1 Å². The van der Waals surface area contributed by atoms with Crippen LogP contribution >= 0.6 is 0 Å². The molecule has 0 amide bonds. The van der Waals surface area contributed by atoms with E-state index in [0.29, 0.717) is 17.7 Å². The van der Waals surface area contributed by atoms with Crippen LogP contribution in [0.2, 0.25) is 0 Å². The van der Waals surface area contributed by atoms with Crippen LogP contribution < -0.4 is 10.2 Å². The molecule has 5 heteroatoms. The summed E-state index contributed by atoms with van der Waals surface area (Å²) in [6, 6.07) is 2.64. The van der Waals surface area contributed by atoms with Crippen LogP contribution in [0.5, 0.6) is 0 Å². The molecular formula is C14H21N5. The van der Waals surface area contributed by atoms with Gasteiger partial charge >= 0.3 is 0 Å². The fraction of sp³-hybridized carbons (Fsp3) is 0.643. The standard InChI is InChI=1S/C14H21N5/c1-11(2)18-9-12-4-3-7-19(10-12)14-13(8-15)16-5-6-17-14/h5-6,11-12,18H,3-4,7,9-10H2,1-2H3. The average molecular weight is 259 g/mol. The normalized spacial score (nSPS) is 19.5. The lowest BCUT2D eigenvalue weighted by atomic mass is 9.97. The van der Waals surface area contributed by atoms with Gasteiger partial charge < -0.3 is 10.2 Å². The summed E-state index contributed by atoms with van der Waals surface area (Å²) in [5.41, 5.74) is 0.431. The minimum atomic E-state index is 0.431. The highest BCUT2D eigenvalue weighted by Crippen LogP contribution is 2.22. The molecule has 2 rings (SSSR count). The van der Waals surface area contributed by atoms with Gasteiger partial charge in [-0.3, -0.25) is 0 Å². The molecule has 1 aromatic heterocycles. The fourth-order valence-corrected chi connectivity index (χ4v) is 2.47. The van der Waals surface area contributed by atoms with Crippen LogP contribution in [0.1, 0.15) is 32.4 Å². The van der Waals surface area contributed by atoms with Crippen molar-refractivity contribution in [1.82, 2.24) is 15.3 Å². The Kier molecular flexibility index (Phi) is 4.69. The monoisotopic (exact) mass is 259 g/mol. The lowest BCUT2D eigenvalue weighted by Crippen LogP contribution is -2.41. The first-order valence-electron chi connectivity index (χ1n) is 6.90. The molecule has 0 saturated carbocycles. The van der Waals surface area contributed by atoms with Crippen LogP contribution in [0.15, 0.2) is 12.4 Å². The average Bonchev–Trinajstić information content (AvgIpc) is 2.45. The first-order valence-corrected chi connectivity index (χ1v) is 6.90. The van der Waals surface area contributed by atoms with Crippen molar-refractivity contribution in [1.29, 1.82) is 5.26 Å². The van der Waals surface area contributed by atoms with Crippen molar-refractivity contribution in [2.45, 2.75) is 32.7 Å². The molecule has 1 fully saturated rings. The molecule has 0 bridgehead atoms. The van der Waals surface area contributed by atoms with Gasteiger partial charge in [0.15, 0.2) is 11.5 Å². The van der Waals surface area contributed by atoms with Gasteiger partial charge in [0.05, 0.1) is 0 Å². The van der Waals surface area contributed by atoms with Crippen LogP contribution in [0.4, 0.5) is 5.82 Å². The van der Waals surface area contributed by atoms with Gasteiger partial charge in [-0.2, -0.15) is 5.26 Å². The molecule has 1 unspecified atom stereocenters. The van der Waals surface area contributed by atoms with Crippen molar-refractivity contribution in [3.63, 3.8) is 0 Å². The van der Waals surface area contributed by atoms with Gasteiger partial charge in [-0.1, -0.05) is 13.8 Å². The van der Waals surface area contributed by atoms with Gasteiger partial charge in [0.2, 0.25) is 0 Å². The van der Waals surface area contributed by atoms with Crippen molar-refractivity contribution in [3.8, 4) is 6.07 Å². The highest BCUT2D eigenvalue weighted by atomic mass is 15.2. The predicted molar refractivity (Wildman–Crippen MR) is 74.8 cm³/mol. The zero-order valence-corrected chi connectivity index (χ0v) is 11.6. The van der Waals surface area contributed by atoms with Crippen LogP contribution in [-0.2, 0) is 0 Å². The second-order valence-corrected chi connectivity index (χ2v) is 5.36. The van der Waals surface area contributed by atoms with Gasteiger partial charge in [0.1, 0.15) is 6.07 Å². The summed E-state index contributed by atoms with van der Waals surface area (Å²) in [5, 5.41) is 12.6. The fourth-order valence-electron chi connectivity index (χ4n) is 2.47. The highest BCUT2D eigenvalue weighted by molar-refractivity contribution is 5.49. The summed E-state index contributed by atoms with van der Waals surface area (Å²) in [6.07, 6.45) is 5.61. The molecule has 19 heavy (non-hydrogen) atoms. The Morgan fingerprint density at radius 3 is 3.00 bits per heavy atom. The molecule has 5 nitrogen and oxygen atoms in total. The highest BCUT2D eigenvalue weighted by Gasteiger charge is 2.23. The molecule has 1 saturated heterocycles. The molecule has 0 aromatic carbocycles. The van der Waals surface area contributed by atoms with E-state index in [1.807, 2.05) is 0 Å². The van der Waals surface area contributed by atoms with Gasteiger partial charge in [-0.15, -0.1) is 0 Å². The smallest absolute Gasteiger partial charge is 0.183 e. The van der Waals surface area contributed by atoms with Crippen LogP contribution in [-0.4, -0.2) is 35.6 Å². The summed E-state index contributed by atoms with van der Waals surface area (Å²) in [6.45, 7) is 7.27. The van der Waals surface area contributed by atoms with Gasteiger partial charge in [0.25, 0.3) is 0 Å². The molecule has 0 spiro atoms. The molecule has 102 valence electrons. The minimum absolute atomic E-state index is 0.431. The Morgan fingerprint density at radius 1 is 1.47 bits per heavy atom. The number of anilines is 1. The topological polar surface area (TPSA) is 64.8 Å². The number of nitriles is 1. The van der Waals surface area contributed by atoms with Crippen molar-refractivity contribution >= 4 is 5.82 Å². The number of aromatic nitrogens is 2. The second-order valence-electron chi connectivity index (χ2n) is 5.36. The summed E-state index contributed by atoms with van der Waals surface area (Å²) in [4.78, 5) is 10.6. The molecule has 1 aromatic rings. The zero-order chi connectivity index (χ0) is 13.7. The third kappa shape index (κ3) is 3.65. The number of hydrogen-bond acceptors (Lipinski definition) is 5. The maximum atomic E-state index is 9.10. The third-order valence-corrected chi connectivity index (χ3v) is 3.42. The third-order valence-electron chi connectivity index (χ3n) is 3.42. The molecule has 1 atom stereocenters. The van der Waals surface area contributed by atoms with E-state index in [4.69, 9.17) is 5.26 Å². The van der Waals surface area contributed by atoms with Crippen molar-refractivity contribution in [2.75, 3.05) is 24.5 Å². The molecule has 1 N–H and O–H groups in total.